The van der Waals surface area contributed by atoms with Crippen LogP contribution in [0.2, 0.25) is 0 Å². The molecule has 11 nitrogen and oxygen atoms in total. The average molecular weight is 546 g/mol. The van der Waals surface area contributed by atoms with E-state index in [1.54, 1.807) is 12.3 Å². The third-order valence-corrected chi connectivity index (χ3v) is 9.35. The highest BCUT2D eigenvalue weighted by Gasteiger charge is 2.27. The Balaban J connectivity index is 1.10. The normalized spacial score (nSPS) is 20.6. The first kappa shape index (κ1) is 25.8. The van der Waals surface area contributed by atoms with Gasteiger partial charge in [0.15, 0.2) is 15.7 Å². The zero-order valence-corrected chi connectivity index (χ0v) is 22.1. The molecule has 3 aromatic rings. The Morgan fingerprint density at radius 1 is 0.919 bits per heavy atom. The minimum Gasteiger partial charge on any atom is -0.323 e. The van der Waals surface area contributed by atoms with E-state index in [9.17, 15) is 16.8 Å². The molecule has 2 aromatic heterocycles. The second-order valence-corrected chi connectivity index (χ2v) is 13.5. The Labute approximate surface area is 216 Å². The molecule has 198 valence electrons. The number of sulfonamides is 1. The summed E-state index contributed by atoms with van der Waals surface area (Å²) in [5.41, 5.74) is 1.15. The van der Waals surface area contributed by atoms with Gasteiger partial charge in [0.2, 0.25) is 10.0 Å². The van der Waals surface area contributed by atoms with E-state index in [1.165, 1.54) is 37.1 Å². The molecule has 0 unspecified atom stereocenters. The van der Waals surface area contributed by atoms with E-state index in [0.717, 1.165) is 30.6 Å². The van der Waals surface area contributed by atoms with Crippen molar-refractivity contribution in [3.8, 4) is 0 Å². The molecule has 0 aliphatic heterocycles. The molecule has 0 spiro atoms. The van der Waals surface area contributed by atoms with Crippen LogP contribution in [-0.4, -0.2) is 55.3 Å². The molecular weight excluding hydrogens is 514 g/mol. The van der Waals surface area contributed by atoms with Crippen molar-refractivity contribution in [1.29, 1.82) is 0 Å². The van der Waals surface area contributed by atoms with Crippen molar-refractivity contribution in [2.24, 2.45) is 0 Å². The molecule has 2 heterocycles. The Hall–Kier alpha value is -2.87. The summed E-state index contributed by atoms with van der Waals surface area (Å²) in [5.74, 6) is 2.68. The average Bonchev–Trinajstić information content (AvgIpc) is 3.62. The van der Waals surface area contributed by atoms with Gasteiger partial charge in [0.05, 0.1) is 16.3 Å². The third kappa shape index (κ3) is 6.72. The first-order valence-corrected chi connectivity index (χ1v) is 15.7. The van der Waals surface area contributed by atoms with Crippen molar-refractivity contribution in [2.45, 2.75) is 72.9 Å². The zero-order valence-electron chi connectivity index (χ0n) is 20.5. The van der Waals surface area contributed by atoms with E-state index >= 15 is 0 Å². The molecule has 13 heteroatoms. The summed E-state index contributed by atoms with van der Waals surface area (Å²) >= 11 is 0. The number of H-pyrrole nitrogens is 1. The molecule has 2 aliphatic rings. The fourth-order valence-corrected chi connectivity index (χ4v) is 6.59. The maximum Gasteiger partial charge on any atom is 0.240 e. The topological polar surface area (TPSA) is 159 Å². The zero-order chi connectivity index (χ0) is 26.0. The molecule has 5 rings (SSSR count). The number of hydrogen-bond acceptors (Lipinski definition) is 9. The van der Waals surface area contributed by atoms with Gasteiger partial charge in [-0.1, -0.05) is 6.07 Å². The molecule has 1 aromatic carbocycles. The minimum atomic E-state index is -3.82. The quantitative estimate of drug-likeness (QED) is 0.300. The molecule has 2 aliphatic carbocycles. The van der Waals surface area contributed by atoms with Crippen LogP contribution in [0, 0.1) is 0 Å². The Morgan fingerprint density at radius 3 is 2.38 bits per heavy atom. The van der Waals surface area contributed by atoms with Crippen LogP contribution in [-0.2, 0) is 26.4 Å². The third-order valence-electron chi connectivity index (χ3n) is 6.72. The Bertz CT molecular complexity index is 1460. The van der Waals surface area contributed by atoms with Crippen molar-refractivity contribution < 1.29 is 16.8 Å². The van der Waals surface area contributed by atoms with E-state index in [2.05, 4.69) is 35.5 Å². The van der Waals surface area contributed by atoms with Crippen LogP contribution in [0.5, 0.6) is 0 Å². The smallest absolute Gasteiger partial charge is 0.240 e. The first-order valence-electron chi connectivity index (χ1n) is 12.4. The highest BCUT2D eigenvalue weighted by Crippen LogP contribution is 2.39. The van der Waals surface area contributed by atoms with Crippen LogP contribution >= 0.6 is 0 Å². The highest BCUT2D eigenvalue weighted by atomic mass is 32.2. The van der Waals surface area contributed by atoms with Crippen LogP contribution in [0.4, 0.5) is 11.6 Å². The number of sulfone groups is 1. The Morgan fingerprint density at radius 2 is 1.65 bits per heavy atom. The number of benzene rings is 1. The predicted molar refractivity (Wildman–Crippen MR) is 139 cm³/mol. The standard InChI is InChI=1S/C24H31N7O4S2/c1-36(32,33)19-3-2-4-20(13-19)37(34,35)31-18-9-7-17(8-10-18)26-15-24-25-12-11-22(28-24)27-23-14-21(29-30-23)16-5-6-16/h2-4,11-14,16-18,26,31H,5-10,15H2,1H3,(H2,25,27,28,29,30). The second-order valence-electron chi connectivity index (χ2n) is 9.76. The fraction of sp³-hybridized carbons (Fsp3) is 0.458. The SMILES string of the molecule is CS(=O)(=O)c1cccc(S(=O)(=O)NC2CCC(NCc3nccc(Nc4cc(C5CC5)[nH]n4)n3)CC2)c1. The van der Waals surface area contributed by atoms with Gasteiger partial charge in [0.1, 0.15) is 11.6 Å². The van der Waals surface area contributed by atoms with Crippen molar-refractivity contribution in [3.63, 3.8) is 0 Å². The molecule has 37 heavy (non-hydrogen) atoms. The molecule has 0 saturated heterocycles. The number of nitrogens with zero attached hydrogens (tertiary/aromatic N) is 3. The van der Waals surface area contributed by atoms with Crippen molar-refractivity contribution in [3.05, 3.63) is 54.1 Å². The lowest BCUT2D eigenvalue weighted by molar-refractivity contribution is 0.326. The van der Waals surface area contributed by atoms with Gasteiger partial charge in [0.25, 0.3) is 0 Å². The molecule has 0 radical (unpaired) electrons. The van der Waals surface area contributed by atoms with Gasteiger partial charge in [0, 0.05) is 42.2 Å². The monoisotopic (exact) mass is 545 g/mol. The molecule has 0 atom stereocenters. The van der Waals surface area contributed by atoms with E-state index in [1.807, 2.05) is 6.07 Å². The van der Waals surface area contributed by atoms with Crippen LogP contribution < -0.4 is 15.4 Å². The summed E-state index contributed by atoms with van der Waals surface area (Å²) in [6.45, 7) is 0.503. The van der Waals surface area contributed by atoms with Gasteiger partial charge in [-0.2, -0.15) is 5.10 Å². The molecule has 2 saturated carbocycles. The molecule has 0 amide bonds. The lowest BCUT2D eigenvalue weighted by Crippen LogP contribution is -2.42. The predicted octanol–water partition coefficient (Wildman–Crippen LogP) is 2.60. The lowest BCUT2D eigenvalue weighted by Gasteiger charge is -2.29. The van der Waals surface area contributed by atoms with Gasteiger partial charge in [-0.15, -0.1) is 0 Å². The van der Waals surface area contributed by atoms with Crippen LogP contribution in [0.25, 0.3) is 0 Å². The van der Waals surface area contributed by atoms with Gasteiger partial charge >= 0.3 is 0 Å². The number of hydrogen-bond donors (Lipinski definition) is 4. The number of rotatable bonds is 10. The summed E-state index contributed by atoms with van der Waals surface area (Å²) in [7, 11) is -7.31. The van der Waals surface area contributed by atoms with E-state index in [4.69, 9.17) is 0 Å². The van der Waals surface area contributed by atoms with Crippen molar-refractivity contribution in [1.82, 2.24) is 30.2 Å². The summed E-state index contributed by atoms with van der Waals surface area (Å²) < 4.78 is 52.0. The summed E-state index contributed by atoms with van der Waals surface area (Å²) in [5, 5.41) is 14.1. The van der Waals surface area contributed by atoms with Crippen LogP contribution in [0.1, 0.15) is 56.0 Å². The van der Waals surface area contributed by atoms with Gasteiger partial charge in [-0.25, -0.2) is 31.5 Å². The van der Waals surface area contributed by atoms with Gasteiger partial charge in [-0.05, 0) is 62.8 Å². The summed E-state index contributed by atoms with van der Waals surface area (Å²) in [6, 6.07) is 9.29. The molecular formula is C24H31N7O4S2. The fourth-order valence-electron chi connectivity index (χ4n) is 4.50. The lowest BCUT2D eigenvalue weighted by atomic mass is 9.92. The van der Waals surface area contributed by atoms with Crippen molar-refractivity contribution in [2.75, 3.05) is 11.6 Å². The van der Waals surface area contributed by atoms with E-state index < -0.39 is 19.9 Å². The molecule has 2 fully saturated rings. The number of nitrogens with one attached hydrogen (secondary N) is 4. The van der Waals surface area contributed by atoms with E-state index in [0.29, 0.717) is 36.9 Å². The van der Waals surface area contributed by atoms with Crippen LogP contribution in [0.15, 0.2) is 52.4 Å². The molecule has 4 N–H and O–H groups in total. The number of aromatic amines is 1. The first-order chi connectivity index (χ1) is 17.7. The minimum absolute atomic E-state index is 0.0165. The number of aromatic nitrogens is 4. The highest BCUT2D eigenvalue weighted by molar-refractivity contribution is 7.91. The largest absolute Gasteiger partial charge is 0.323 e. The van der Waals surface area contributed by atoms with Crippen LogP contribution in [0.3, 0.4) is 0 Å². The second kappa shape index (κ2) is 10.5. The maximum absolute atomic E-state index is 12.8. The number of anilines is 2. The summed E-state index contributed by atoms with van der Waals surface area (Å²) in [4.78, 5) is 8.87. The summed E-state index contributed by atoms with van der Waals surface area (Å²) in [6.07, 6.45) is 8.13. The van der Waals surface area contributed by atoms with Gasteiger partial charge in [-0.3, -0.25) is 5.10 Å². The van der Waals surface area contributed by atoms with Gasteiger partial charge < -0.3 is 10.6 Å². The molecule has 0 bridgehead atoms. The van der Waals surface area contributed by atoms with E-state index in [-0.39, 0.29) is 21.9 Å². The maximum atomic E-state index is 12.8. The Kier molecular flexibility index (Phi) is 7.30. The van der Waals surface area contributed by atoms with Crippen molar-refractivity contribution >= 4 is 31.5 Å².